The van der Waals surface area contributed by atoms with E-state index in [-0.39, 0.29) is 26.4 Å². The van der Waals surface area contributed by atoms with E-state index in [1.807, 2.05) is 5.32 Å². The SMILES string of the molecule is NS(=O)(=O)c1ccc(Cl)c(C(=O)NC(=O)Nc2nc3ccc(C[SH](=O)=O)cc3s2)c1. The molecule has 0 spiro atoms. The molecule has 2 aromatic carbocycles. The smallest absolute Gasteiger partial charge is 0.283 e. The van der Waals surface area contributed by atoms with Crippen molar-refractivity contribution in [1.29, 1.82) is 0 Å². The molecular formula is C16H13ClN4O6S3. The zero-order valence-corrected chi connectivity index (χ0v) is 18.1. The van der Waals surface area contributed by atoms with E-state index in [4.69, 9.17) is 16.7 Å². The maximum atomic E-state index is 12.3. The largest absolute Gasteiger partial charge is 0.327 e. The number of benzene rings is 2. The van der Waals surface area contributed by atoms with Crippen LogP contribution in [0.3, 0.4) is 0 Å². The molecule has 0 aliphatic heterocycles. The van der Waals surface area contributed by atoms with E-state index in [2.05, 4.69) is 10.3 Å². The van der Waals surface area contributed by atoms with Crippen molar-refractivity contribution < 1.29 is 26.4 Å². The van der Waals surface area contributed by atoms with Crippen molar-refractivity contribution in [3.8, 4) is 0 Å². The summed E-state index contributed by atoms with van der Waals surface area (Å²) in [7, 11) is -6.64. The molecule has 1 aromatic heterocycles. The summed E-state index contributed by atoms with van der Waals surface area (Å²) >= 11 is 6.99. The van der Waals surface area contributed by atoms with E-state index in [1.54, 1.807) is 18.2 Å². The fourth-order valence-electron chi connectivity index (χ4n) is 2.42. The molecule has 3 amide bonds. The van der Waals surface area contributed by atoms with Gasteiger partial charge in [0, 0.05) is 0 Å². The summed E-state index contributed by atoms with van der Waals surface area (Å²) < 4.78 is 45.2. The van der Waals surface area contributed by atoms with Crippen LogP contribution < -0.4 is 15.8 Å². The molecule has 0 fully saturated rings. The molecule has 0 atom stereocenters. The molecule has 158 valence electrons. The second-order valence-electron chi connectivity index (χ2n) is 5.91. The minimum atomic E-state index is -4.06. The number of aromatic nitrogens is 1. The Kier molecular flexibility index (Phi) is 6.38. The summed E-state index contributed by atoms with van der Waals surface area (Å²) in [6.45, 7) is 0. The molecule has 0 radical (unpaired) electrons. The average molecular weight is 489 g/mol. The molecule has 3 rings (SSSR count). The van der Waals surface area contributed by atoms with Crippen molar-refractivity contribution in [2.75, 3.05) is 5.32 Å². The van der Waals surface area contributed by atoms with Gasteiger partial charge < -0.3 is 0 Å². The van der Waals surface area contributed by atoms with Gasteiger partial charge in [0.1, 0.15) is 10.7 Å². The molecular weight excluding hydrogens is 476 g/mol. The van der Waals surface area contributed by atoms with Crippen molar-refractivity contribution in [1.82, 2.24) is 10.3 Å². The minimum absolute atomic E-state index is 0.0723. The summed E-state index contributed by atoms with van der Waals surface area (Å²) in [4.78, 5) is 28.3. The standard InChI is InChI=1S/C16H13ClN4O6S3/c17-11-3-2-9(30(18,26)27)6-10(11)14(22)20-15(23)21-16-19-12-4-1-8(7-29(24)25)5-13(12)28-16/h1-6,29H,7H2,(H2,18,26,27)(H2,19,20,21,22,23). The Balaban J connectivity index is 1.75. The zero-order valence-electron chi connectivity index (χ0n) is 14.8. The fourth-order valence-corrected chi connectivity index (χ4v) is 4.59. The van der Waals surface area contributed by atoms with Gasteiger partial charge in [-0.2, -0.15) is 0 Å². The number of fused-ring (bicyclic) bond motifs is 1. The number of imide groups is 1. The molecule has 4 N–H and O–H groups in total. The van der Waals surface area contributed by atoms with Gasteiger partial charge in [-0.15, -0.1) is 0 Å². The highest BCUT2D eigenvalue weighted by Crippen LogP contribution is 2.27. The quantitative estimate of drug-likeness (QED) is 0.396. The molecule has 10 nitrogen and oxygen atoms in total. The third kappa shape index (κ3) is 5.31. The van der Waals surface area contributed by atoms with Crippen molar-refractivity contribution >= 4 is 71.0 Å². The predicted molar refractivity (Wildman–Crippen MR) is 113 cm³/mol. The van der Waals surface area contributed by atoms with Crippen LogP contribution in [-0.4, -0.2) is 33.8 Å². The summed E-state index contributed by atoms with van der Waals surface area (Å²) in [5.74, 6) is -1.05. The molecule has 0 unspecified atom stereocenters. The number of primary sulfonamides is 1. The molecule has 1 heterocycles. The van der Waals surface area contributed by atoms with Crippen LogP contribution in [-0.2, 0) is 26.5 Å². The van der Waals surface area contributed by atoms with Crippen LogP contribution in [0.1, 0.15) is 15.9 Å². The average Bonchev–Trinajstić information content (AvgIpc) is 3.01. The van der Waals surface area contributed by atoms with E-state index < -0.39 is 32.7 Å². The van der Waals surface area contributed by atoms with Crippen LogP contribution in [0.2, 0.25) is 5.02 Å². The lowest BCUT2D eigenvalue weighted by molar-refractivity contribution is 0.0967. The normalized spacial score (nSPS) is 11.6. The van der Waals surface area contributed by atoms with Crippen LogP contribution in [0.4, 0.5) is 9.93 Å². The van der Waals surface area contributed by atoms with Gasteiger partial charge in [-0.1, -0.05) is 29.0 Å². The topological polar surface area (TPSA) is 165 Å². The first-order valence-corrected chi connectivity index (χ1v) is 12.1. The number of nitrogens with one attached hydrogen (secondary N) is 2. The third-order valence-corrected chi connectivity index (χ3v) is 6.52. The fraction of sp³-hybridized carbons (Fsp3) is 0.0625. The van der Waals surface area contributed by atoms with Gasteiger partial charge in [0.2, 0.25) is 10.0 Å². The molecule has 0 aliphatic carbocycles. The highest BCUT2D eigenvalue weighted by atomic mass is 35.5. The number of carbonyl (C=O) groups excluding carboxylic acids is 2. The maximum absolute atomic E-state index is 12.3. The Morgan fingerprint density at radius 3 is 2.57 bits per heavy atom. The molecule has 3 aromatic rings. The van der Waals surface area contributed by atoms with Gasteiger partial charge in [0.25, 0.3) is 5.91 Å². The lowest BCUT2D eigenvalue weighted by Crippen LogP contribution is -2.34. The van der Waals surface area contributed by atoms with E-state index in [0.29, 0.717) is 15.8 Å². The summed E-state index contributed by atoms with van der Waals surface area (Å²) in [5.41, 5.74) is 0.868. The van der Waals surface area contributed by atoms with Gasteiger partial charge >= 0.3 is 6.03 Å². The number of nitrogens with zero attached hydrogens (tertiary/aromatic N) is 1. The Morgan fingerprint density at radius 1 is 1.17 bits per heavy atom. The lowest BCUT2D eigenvalue weighted by atomic mass is 10.2. The number of carbonyl (C=O) groups is 2. The van der Waals surface area contributed by atoms with Crippen LogP contribution in [0, 0.1) is 0 Å². The van der Waals surface area contributed by atoms with Gasteiger partial charge in [0.15, 0.2) is 5.13 Å². The number of sulfonamides is 1. The number of thiazole rings is 1. The number of halogens is 1. The summed E-state index contributed by atoms with van der Waals surface area (Å²) in [5, 5.41) is 9.54. The molecule has 0 bridgehead atoms. The van der Waals surface area contributed by atoms with Crippen LogP contribution >= 0.6 is 22.9 Å². The summed E-state index contributed by atoms with van der Waals surface area (Å²) in [6, 6.07) is 7.22. The van der Waals surface area contributed by atoms with Crippen LogP contribution in [0.15, 0.2) is 41.3 Å². The number of amides is 3. The van der Waals surface area contributed by atoms with Crippen molar-refractivity contribution in [3.63, 3.8) is 0 Å². The van der Waals surface area contributed by atoms with Crippen LogP contribution in [0.5, 0.6) is 0 Å². The van der Waals surface area contributed by atoms with Gasteiger partial charge in [0.05, 0.1) is 31.5 Å². The predicted octanol–water partition coefficient (Wildman–Crippen LogP) is 1.67. The number of hydrogen-bond acceptors (Lipinski definition) is 8. The molecule has 0 aliphatic rings. The number of nitrogens with two attached hydrogens (primary N) is 1. The number of urea groups is 1. The Morgan fingerprint density at radius 2 is 1.90 bits per heavy atom. The van der Waals surface area contributed by atoms with Crippen molar-refractivity contribution in [2.45, 2.75) is 10.6 Å². The lowest BCUT2D eigenvalue weighted by Gasteiger charge is -2.07. The molecule has 0 saturated carbocycles. The third-order valence-electron chi connectivity index (χ3n) is 3.72. The van der Waals surface area contributed by atoms with E-state index in [1.165, 1.54) is 6.07 Å². The first kappa shape index (κ1) is 22.1. The van der Waals surface area contributed by atoms with Gasteiger partial charge in [-0.3, -0.25) is 15.4 Å². The number of hydrogen-bond donors (Lipinski definition) is 4. The highest BCUT2D eigenvalue weighted by Gasteiger charge is 2.18. The van der Waals surface area contributed by atoms with Crippen molar-refractivity contribution in [2.24, 2.45) is 5.14 Å². The minimum Gasteiger partial charge on any atom is -0.283 e. The maximum Gasteiger partial charge on any atom is 0.327 e. The van der Waals surface area contributed by atoms with Gasteiger partial charge in [-0.25, -0.2) is 31.8 Å². The van der Waals surface area contributed by atoms with E-state index in [9.17, 15) is 26.4 Å². The zero-order chi connectivity index (χ0) is 22.1. The van der Waals surface area contributed by atoms with E-state index in [0.717, 1.165) is 23.5 Å². The second-order valence-corrected chi connectivity index (χ2v) is 9.89. The Labute approximate surface area is 181 Å². The highest BCUT2D eigenvalue weighted by molar-refractivity contribution is 7.89. The Bertz CT molecular complexity index is 1340. The van der Waals surface area contributed by atoms with E-state index >= 15 is 0 Å². The molecule has 0 saturated heterocycles. The number of thiol groups is 1. The Hall–Kier alpha value is -2.58. The first-order chi connectivity index (χ1) is 14.0. The second kappa shape index (κ2) is 8.65. The summed E-state index contributed by atoms with van der Waals surface area (Å²) in [6.07, 6.45) is 0. The number of rotatable bonds is 5. The van der Waals surface area contributed by atoms with Gasteiger partial charge in [-0.05, 0) is 35.9 Å². The van der Waals surface area contributed by atoms with Crippen LogP contribution in [0.25, 0.3) is 10.2 Å². The first-order valence-electron chi connectivity index (χ1n) is 7.99. The molecule has 30 heavy (non-hydrogen) atoms. The monoisotopic (exact) mass is 488 g/mol. The number of anilines is 1. The molecule has 14 heteroatoms. The van der Waals surface area contributed by atoms with Crippen molar-refractivity contribution in [3.05, 3.63) is 52.5 Å².